The predicted octanol–water partition coefficient (Wildman–Crippen LogP) is 2.54. The Hall–Kier alpha value is -2.95. The van der Waals surface area contributed by atoms with E-state index in [-0.39, 0.29) is 5.91 Å². The number of hydrogen-bond acceptors (Lipinski definition) is 3. The second kappa shape index (κ2) is 6.22. The average molecular weight is 292 g/mol. The molecular weight excluding hydrogens is 276 g/mol. The van der Waals surface area contributed by atoms with Crippen LogP contribution in [0.5, 0.6) is 0 Å². The molecule has 0 unspecified atom stereocenters. The lowest BCUT2D eigenvalue weighted by molar-refractivity contribution is 0.0779. The largest absolute Gasteiger partial charge is 0.336 e. The Labute approximate surface area is 128 Å². The summed E-state index contributed by atoms with van der Waals surface area (Å²) in [5.41, 5.74) is 2.29. The number of aromatic nitrogens is 3. The van der Waals surface area contributed by atoms with Crippen LogP contribution in [0.3, 0.4) is 0 Å². The molecule has 0 saturated heterocycles. The first kappa shape index (κ1) is 14.0. The van der Waals surface area contributed by atoms with Crippen molar-refractivity contribution in [3.05, 3.63) is 78.1 Å². The van der Waals surface area contributed by atoms with E-state index in [2.05, 4.69) is 10.3 Å². The fraction of sp³-hybridized carbons (Fsp3) is 0.118. The van der Waals surface area contributed by atoms with Gasteiger partial charge in [-0.25, -0.2) is 4.68 Å². The van der Waals surface area contributed by atoms with Crippen molar-refractivity contribution in [2.45, 2.75) is 6.54 Å². The maximum Gasteiger partial charge on any atom is 0.276 e. The fourth-order valence-corrected chi connectivity index (χ4v) is 2.19. The van der Waals surface area contributed by atoms with Crippen LogP contribution in [0.1, 0.15) is 16.1 Å². The van der Waals surface area contributed by atoms with Gasteiger partial charge in [0.25, 0.3) is 5.91 Å². The van der Waals surface area contributed by atoms with Crippen LogP contribution in [-0.2, 0) is 6.54 Å². The number of hydrogen-bond donors (Lipinski definition) is 0. The Balaban J connectivity index is 1.74. The quantitative estimate of drug-likeness (QED) is 0.742. The standard InChI is InChI=1S/C17H16N4O/c1-20(12-14-8-4-2-5-9-14)17(22)16-13-21(19-18-16)15-10-6-3-7-11-15/h2-11,13H,12H2,1H3. The number of benzene rings is 2. The number of amides is 1. The van der Waals surface area contributed by atoms with Gasteiger partial charge in [0.15, 0.2) is 5.69 Å². The number of carbonyl (C=O) groups excluding carboxylic acids is 1. The summed E-state index contributed by atoms with van der Waals surface area (Å²) in [5, 5.41) is 7.99. The van der Waals surface area contributed by atoms with Crippen molar-refractivity contribution in [3.8, 4) is 5.69 Å². The molecule has 5 heteroatoms. The van der Waals surface area contributed by atoms with Crippen molar-refractivity contribution in [1.29, 1.82) is 0 Å². The van der Waals surface area contributed by atoms with Crippen molar-refractivity contribution in [3.63, 3.8) is 0 Å². The van der Waals surface area contributed by atoms with Crippen LogP contribution in [-0.4, -0.2) is 32.8 Å². The Morgan fingerprint density at radius 3 is 2.36 bits per heavy atom. The zero-order valence-electron chi connectivity index (χ0n) is 12.3. The molecule has 3 rings (SSSR count). The summed E-state index contributed by atoms with van der Waals surface area (Å²) in [4.78, 5) is 14.0. The smallest absolute Gasteiger partial charge is 0.276 e. The zero-order chi connectivity index (χ0) is 15.4. The minimum absolute atomic E-state index is 0.147. The molecule has 0 bridgehead atoms. The van der Waals surface area contributed by atoms with Crippen LogP contribution in [0.15, 0.2) is 66.9 Å². The minimum Gasteiger partial charge on any atom is -0.336 e. The van der Waals surface area contributed by atoms with Crippen LogP contribution in [0, 0.1) is 0 Å². The third-order valence-corrected chi connectivity index (χ3v) is 3.34. The maximum atomic E-state index is 12.4. The fourth-order valence-electron chi connectivity index (χ4n) is 2.19. The van der Waals surface area contributed by atoms with E-state index >= 15 is 0 Å². The minimum atomic E-state index is -0.147. The molecule has 0 radical (unpaired) electrons. The summed E-state index contributed by atoms with van der Waals surface area (Å²) in [7, 11) is 1.76. The van der Waals surface area contributed by atoms with Gasteiger partial charge in [-0.1, -0.05) is 53.7 Å². The van der Waals surface area contributed by atoms with Gasteiger partial charge in [-0.3, -0.25) is 4.79 Å². The molecular formula is C17H16N4O. The average Bonchev–Trinajstić information content (AvgIpc) is 3.06. The number of rotatable bonds is 4. The predicted molar refractivity (Wildman–Crippen MR) is 83.6 cm³/mol. The first-order valence-electron chi connectivity index (χ1n) is 7.01. The van der Waals surface area contributed by atoms with E-state index in [1.165, 1.54) is 0 Å². The van der Waals surface area contributed by atoms with Crippen molar-refractivity contribution < 1.29 is 4.79 Å². The normalized spacial score (nSPS) is 10.4. The Bertz CT molecular complexity index is 753. The summed E-state index contributed by atoms with van der Waals surface area (Å²) < 4.78 is 1.60. The first-order chi connectivity index (χ1) is 10.7. The van der Waals surface area contributed by atoms with Crippen LogP contribution in [0.25, 0.3) is 5.69 Å². The van der Waals surface area contributed by atoms with Crippen LogP contribution >= 0.6 is 0 Å². The van der Waals surface area contributed by atoms with Gasteiger partial charge in [0.05, 0.1) is 11.9 Å². The number of nitrogens with zero attached hydrogens (tertiary/aromatic N) is 4. The lowest BCUT2D eigenvalue weighted by atomic mass is 10.2. The monoisotopic (exact) mass is 292 g/mol. The van der Waals surface area contributed by atoms with Gasteiger partial charge < -0.3 is 4.90 Å². The Kier molecular flexibility index (Phi) is 3.96. The highest BCUT2D eigenvalue weighted by atomic mass is 16.2. The Morgan fingerprint density at radius 2 is 1.68 bits per heavy atom. The zero-order valence-corrected chi connectivity index (χ0v) is 12.3. The van der Waals surface area contributed by atoms with Crippen LogP contribution in [0.4, 0.5) is 0 Å². The number of carbonyl (C=O) groups is 1. The lowest BCUT2D eigenvalue weighted by Crippen LogP contribution is -2.26. The van der Waals surface area contributed by atoms with E-state index in [0.717, 1.165) is 11.3 Å². The van der Waals surface area contributed by atoms with Gasteiger partial charge in [0.2, 0.25) is 0 Å². The topological polar surface area (TPSA) is 51.0 Å². The van der Waals surface area contributed by atoms with Crippen molar-refractivity contribution >= 4 is 5.91 Å². The summed E-state index contributed by atoms with van der Waals surface area (Å²) in [6.07, 6.45) is 1.65. The second-order valence-corrected chi connectivity index (χ2v) is 5.03. The van der Waals surface area contributed by atoms with Gasteiger partial charge in [0, 0.05) is 13.6 Å². The van der Waals surface area contributed by atoms with Gasteiger partial charge in [-0.2, -0.15) is 0 Å². The van der Waals surface area contributed by atoms with E-state index < -0.39 is 0 Å². The van der Waals surface area contributed by atoms with Gasteiger partial charge >= 0.3 is 0 Å². The number of para-hydroxylation sites is 1. The summed E-state index contributed by atoms with van der Waals surface area (Å²) in [6, 6.07) is 19.4. The molecule has 3 aromatic rings. The van der Waals surface area contributed by atoms with Gasteiger partial charge in [-0.15, -0.1) is 5.10 Å². The highest BCUT2D eigenvalue weighted by Crippen LogP contribution is 2.09. The van der Waals surface area contributed by atoms with E-state index in [9.17, 15) is 4.79 Å². The molecule has 5 nitrogen and oxygen atoms in total. The van der Waals surface area contributed by atoms with E-state index in [4.69, 9.17) is 0 Å². The van der Waals surface area contributed by atoms with E-state index in [0.29, 0.717) is 12.2 Å². The van der Waals surface area contributed by atoms with Crippen molar-refractivity contribution in [2.24, 2.45) is 0 Å². The molecule has 0 saturated carbocycles. The highest BCUT2D eigenvalue weighted by Gasteiger charge is 2.16. The molecule has 1 heterocycles. The SMILES string of the molecule is CN(Cc1ccccc1)C(=O)c1cn(-c2ccccc2)nn1. The molecule has 0 aliphatic rings. The summed E-state index contributed by atoms with van der Waals surface area (Å²) in [6.45, 7) is 0.540. The maximum absolute atomic E-state index is 12.4. The van der Waals surface area contributed by atoms with E-state index in [1.54, 1.807) is 22.8 Å². The molecule has 0 N–H and O–H groups in total. The molecule has 1 amide bonds. The molecule has 0 aliphatic carbocycles. The first-order valence-corrected chi connectivity index (χ1v) is 7.01. The summed E-state index contributed by atoms with van der Waals surface area (Å²) in [5.74, 6) is -0.147. The molecule has 0 aliphatic heterocycles. The molecule has 0 atom stereocenters. The molecule has 0 spiro atoms. The van der Waals surface area contributed by atoms with Crippen molar-refractivity contribution in [1.82, 2.24) is 19.9 Å². The summed E-state index contributed by atoms with van der Waals surface area (Å²) >= 11 is 0. The van der Waals surface area contributed by atoms with Crippen molar-refractivity contribution in [2.75, 3.05) is 7.05 Å². The van der Waals surface area contributed by atoms with E-state index in [1.807, 2.05) is 60.7 Å². The third kappa shape index (κ3) is 3.03. The highest BCUT2D eigenvalue weighted by molar-refractivity contribution is 5.91. The molecule has 1 aromatic heterocycles. The molecule has 110 valence electrons. The molecule has 2 aromatic carbocycles. The molecule has 0 fully saturated rings. The van der Waals surface area contributed by atoms with Gasteiger partial charge in [-0.05, 0) is 17.7 Å². The van der Waals surface area contributed by atoms with Gasteiger partial charge in [0.1, 0.15) is 0 Å². The third-order valence-electron chi connectivity index (χ3n) is 3.34. The van der Waals surface area contributed by atoms with Crippen LogP contribution < -0.4 is 0 Å². The Morgan fingerprint density at radius 1 is 1.05 bits per heavy atom. The second-order valence-electron chi connectivity index (χ2n) is 5.03. The lowest BCUT2D eigenvalue weighted by Gasteiger charge is -2.15. The molecule has 22 heavy (non-hydrogen) atoms. The van der Waals surface area contributed by atoms with Crippen LogP contribution in [0.2, 0.25) is 0 Å².